The van der Waals surface area contributed by atoms with E-state index in [9.17, 15) is 20.1 Å². The van der Waals surface area contributed by atoms with Crippen LogP contribution in [0.25, 0.3) is 0 Å². The monoisotopic (exact) mass is 316 g/mol. The van der Waals surface area contributed by atoms with Crippen molar-refractivity contribution < 1.29 is 20.1 Å². The van der Waals surface area contributed by atoms with Crippen LogP contribution in [0.2, 0.25) is 0 Å². The highest BCUT2D eigenvalue weighted by Crippen LogP contribution is 2.61. The molecule has 3 aliphatic rings. The van der Waals surface area contributed by atoms with Crippen molar-refractivity contribution >= 4 is 5.78 Å². The van der Waals surface area contributed by atoms with E-state index in [1.807, 2.05) is 13.8 Å². The van der Waals surface area contributed by atoms with Gasteiger partial charge in [-0.1, -0.05) is 6.92 Å². The molecule has 4 heteroatoms. The summed E-state index contributed by atoms with van der Waals surface area (Å²) >= 11 is 0. The summed E-state index contributed by atoms with van der Waals surface area (Å²) in [5.74, 6) is 0.664. The highest BCUT2D eigenvalue weighted by Gasteiger charge is 2.58. The Morgan fingerprint density at radius 1 is 1.22 bits per heavy atom. The lowest BCUT2D eigenvalue weighted by molar-refractivity contribution is -0.134. The third-order valence-corrected chi connectivity index (χ3v) is 6.85. The third-order valence-electron chi connectivity index (χ3n) is 6.85. The van der Waals surface area contributed by atoms with E-state index in [1.165, 1.54) is 0 Å². The van der Waals surface area contributed by atoms with Gasteiger partial charge in [0.15, 0.2) is 0 Å². The lowest BCUT2D eigenvalue weighted by atomic mass is 9.54. The fourth-order valence-electron chi connectivity index (χ4n) is 5.73. The fourth-order valence-corrected chi connectivity index (χ4v) is 5.73. The van der Waals surface area contributed by atoms with Crippen LogP contribution in [0.15, 0.2) is 12.1 Å². The average Bonchev–Trinajstić information content (AvgIpc) is 2.79. The van der Waals surface area contributed by atoms with Crippen LogP contribution >= 0.6 is 0 Å². The first-order chi connectivity index (χ1) is 10.8. The van der Waals surface area contributed by atoms with Gasteiger partial charge < -0.3 is 15.3 Å². The first-order valence-corrected chi connectivity index (χ1v) is 8.57. The average molecular weight is 316 g/mol. The van der Waals surface area contributed by atoms with E-state index >= 15 is 0 Å². The molecule has 4 rings (SSSR count). The smallest absolute Gasteiger partial charge is 0.139 e. The number of carbonyl (C=O) groups excluding carboxylic acids is 1. The van der Waals surface area contributed by atoms with Crippen molar-refractivity contribution in [2.75, 3.05) is 0 Å². The fraction of sp³-hybridized carbons (Fsp3) is 0.632. The van der Waals surface area contributed by atoms with Crippen molar-refractivity contribution in [2.45, 2.75) is 57.7 Å². The quantitative estimate of drug-likeness (QED) is 0.687. The summed E-state index contributed by atoms with van der Waals surface area (Å²) in [6.45, 7) is 4.00. The maximum atomic E-state index is 12.4. The van der Waals surface area contributed by atoms with Crippen LogP contribution < -0.4 is 0 Å². The zero-order valence-corrected chi connectivity index (χ0v) is 13.6. The molecule has 2 saturated carbocycles. The van der Waals surface area contributed by atoms with Crippen LogP contribution in [0.1, 0.15) is 61.3 Å². The number of aromatic hydroxyl groups is 1. The van der Waals surface area contributed by atoms with Crippen LogP contribution in [0.3, 0.4) is 0 Å². The van der Waals surface area contributed by atoms with Gasteiger partial charge in [0.1, 0.15) is 17.6 Å². The van der Waals surface area contributed by atoms with Gasteiger partial charge in [-0.05, 0) is 72.8 Å². The van der Waals surface area contributed by atoms with Crippen LogP contribution in [0.4, 0.5) is 0 Å². The molecule has 0 aliphatic heterocycles. The predicted molar refractivity (Wildman–Crippen MR) is 85.1 cm³/mol. The van der Waals surface area contributed by atoms with Gasteiger partial charge in [0.25, 0.3) is 0 Å². The minimum Gasteiger partial charge on any atom is -0.508 e. The molecule has 2 fully saturated rings. The van der Waals surface area contributed by atoms with Gasteiger partial charge in [0.2, 0.25) is 0 Å². The zero-order valence-electron chi connectivity index (χ0n) is 13.6. The highest BCUT2D eigenvalue weighted by atomic mass is 16.3. The molecule has 0 aromatic heterocycles. The minimum atomic E-state index is -0.991. The number of hydrogen-bond acceptors (Lipinski definition) is 4. The van der Waals surface area contributed by atoms with Crippen LogP contribution in [0, 0.1) is 24.2 Å². The van der Waals surface area contributed by atoms with Gasteiger partial charge in [0, 0.05) is 11.8 Å². The van der Waals surface area contributed by atoms with E-state index in [2.05, 4.69) is 0 Å². The first-order valence-electron chi connectivity index (χ1n) is 8.57. The molecule has 3 N–H and O–H groups in total. The maximum Gasteiger partial charge on any atom is 0.139 e. The van der Waals surface area contributed by atoms with Crippen molar-refractivity contribution in [1.82, 2.24) is 0 Å². The summed E-state index contributed by atoms with van der Waals surface area (Å²) in [6.07, 6.45) is 1.24. The SMILES string of the molecule is Cc1cc(O)cc2c1[C@H]1CC[C@]3(C)C(=O)CC[C@H]3[C@@H]1C(O)C2O. The van der Waals surface area contributed by atoms with Gasteiger partial charge in [-0.2, -0.15) is 0 Å². The number of hydrogen-bond donors (Lipinski definition) is 3. The normalized spacial score (nSPS) is 42.1. The molecule has 3 aliphatic carbocycles. The second-order valence-electron chi connectivity index (χ2n) is 7.91. The lowest BCUT2D eigenvalue weighted by Crippen LogP contribution is -2.49. The number of Topliss-reactive ketones (excluding diaryl/α,β-unsaturated/α-hetero) is 1. The van der Waals surface area contributed by atoms with E-state index in [1.54, 1.807) is 12.1 Å². The van der Waals surface area contributed by atoms with Crippen LogP contribution in [-0.2, 0) is 4.79 Å². The highest BCUT2D eigenvalue weighted by molar-refractivity contribution is 5.87. The van der Waals surface area contributed by atoms with Crippen molar-refractivity contribution in [3.63, 3.8) is 0 Å². The van der Waals surface area contributed by atoms with E-state index < -0.39 is 12.2 Å². The predicted octanol–water partition coefficient (Wildman–Crippen LogP) is 2.59. The van der Waals surface area contributed by atoms with Crippen LogP contribution in [0.5, 0.6) is 5.75 Å². The van der Waals surface area contributed by atoms with E-state index in [0.717, 1.165) is 30.4 Å². The molecule has 1 aromatic carbocycles. The molecule has 0 spiro atoms. The second kappa shape index (κ2) is 4.81. The number of carbonyl (C=O) groups is 1. The minimum absolute atomic E-state index is 0.0778. The largest absolute Gasteiger partial charge is 0.508 e. The topological polar surface area (TPSA) is 77.8 Å². The molecule has 4 nitrogen and oxygen atoms in total. The Morgan fingerprint density at radius 2 is 1.96 bits per heavy atom. The number of phenols is 1. The van der Waals surface area contributed by atoms with Gasteiger partial charge in [0.05, 0.1) is 6.10 Å². The molecule has 0 bridgehead atoms. The lowest BCUT2D eigenvalue weighted by Gasteiger charge is -2.51. The Balaban J connectivity index is 1.86. The Labute approximate surface area is 136 Å². The number of aliphatic hydroxyl groups excluding tert-OH is 2. The van der Waals surface area contributed by atoms with Crippen molar-refractivity contribution in [3.05, 3.63) is 28.8 Å². The Bertz CT molecular complexity index is 682. The molecule has 2 unspecified atom stereocenters. The number of fused-ring (bicyclic) bond motifs is 5. The maximum absolute atomic E-state index is 12.4. The summed E-state index contributed by atoms with van der Waals surface area (Å²) in [4.78, 5) is 12.4. The molecule has 23 heavy (non-hydrogen) atoms. The number of ketones is 1. The number of rotatable bonds is 0. The Hall–Kier alpha value is -1.39. The third kappa shape index (κ3) is 1.88. The van der Waals surface area contributed by atoms with Gasteiger partial charge in [-0.25, -0.2) is 0 Å². The van der Waals surface area contributed by atoms with Gasteiger partial charge >= 0.3 is 0 Å². The number of benzene rings is 1. The van der Waals surface area contributed by atoms with Gasteiger partial charge in [-0.3, -0.25) is 4.79 Å². The van der Waals surface area contributed by atoms with E-state index in [0.29, 0.717) is 17.8 Å². The van der Waals surface area contributed by atoms with Crippen molar-refractivity contribution in [2.24, 2.45) is 17.3 Å². The zero-order chi connectivity index (χ0) is 16.5. The molecule has 6 atom stereocenters. The molecule has 0 radical (unpaired) electrons. The number of aliphatic hydroxyl groups is 2. The summed E-state index contributed by atoms with van der Waals surface area (Å²) < 4.78 is 0. The van der Waals surface area contributed by atoms with Crippen LogP contribution in [-0.4, -0.2) is 27.2 Å². The number of phenolic OH excluding ortho intramolecular Hbond substituents is 1. The summed E-state index contributed by atoms with van der Waals surface area (Å²) in [6, 6.07) is 3.31. The van der Waals surface area contributed by atoms with Crippen molar-refractivity contribution in [1.29, 1.82) is 0 Å². The Kier molecular flexibility index (Phi) is 3.17. The number of aryl methyl sites for hydroxylation is 1. The molecule has 1 aromatic rings. The first kappa shape index (κ1) is 15.2. The van der Waals surface area contributed by atoms with E-state index in [4.69, 9.17) is 0 Å². The summed E-state index contributed by atoms with van der Waals surface area (Å²) in [5.41, 5.74) is 2.36. The molecular formula is C19H24O4. The summed E-state index contributed by atoms with van der Waals surface area (Å²) in [7, 11) is 0. The Morgan fingerprint density at radius 3 is 2.70 bits per heavy atom. The summed E-state index contributed by atoms with van der Waals surface area (Å²) in [5, 5.41) is 31.3. The molecule has 0 heterocycles. The van der Waals surface area contributed by atoms with Gasteiger partial charge in [-0.15, -0.1) is 0 Å². The molecule has 0 amide bonds. The van der Waals surface area contributed by atoms with E-state index in [-0.39, 0.29) is 28.9 Å². The second-order valence-corrected chi connectivity index (χ2v) is 7.91. The van der Waals surface area contributed by atoms with Crippen molar-refractivity contribution in [3.8, 4) is 5.75 Å². The molecule has 124 valence electrons. The molecule has 0 saturated heterocycles. The standard InChI is InChI=1S/C19H24O4/c1-9-7-10(20)8-12-15(9)11-5-6-19(2)13(3-4-14(19)21)16(11)18(23)17(12)22/h7-8,11,13,16-18,20,22-23H,3-6H2,1-2H3/t11-,13+,16-,17?,18?,19+/m1/s1. The molecular weight excluding hydrogens is 292 g/mol.